The van der Waals surface area contributed by atoms with Gasteiger partial charge in [-0.1, -0.05) is 18.2 Å². The lowest BCUT2D eigenvalue weighted by molar-refractivity contribution is -0.134. The maximum Gasteiger partial charge on any atom is 0.268 e. The Hall–Kier alpha value is -2.89. The summed E-state index contributed by atoms with van der Waals surface area (Å²) in [6.45, 7) is 2.26. The normalized spacial score (nSPS) is 18.9. The third-order valence-electron chi connectivity index (χ3n) is 4.75. The summed E-state index contributed by atoms with van der Waals surface area (Å²) in [5, 5.41) is 0. The third kappa shape index (κ3) is 3.27. The number of nitrogens with zero attached hydrogens (tertiary/aromatic N) is 3. The van der Waals surface area contributed by atoms with Crippen molar-refractivity contribution in [3.05, 3.63) is 54.4 Å². The average Bonchev–Trinajstić information content (AvgIpc) is 3.49. The summed E-state index contributed by atoms with van der Waals surface area (Å²) < 4.78 is 5.65. The highest BCUT2D eigenvalue weighted by Gasteiger charge is 2.37. The standard InChI is InChI=1S/C20H21N3O3/c1-14-20(25)23(17-6-2-3-7-18(17)26-14)13-19(24)22(16-8-9-16)12-15-5-4-10-21-11-15/h2-7,10-11,14,16H,8-9,12-13H2,1H3/t14-/m1/s1. The average molecular weight is 351 g/mol. The number of fused-ring (bicyclic) bond motifs is 1. The number of hydrogen-bond acceptors (Lipinski definition) is 4. The zero-order valence-electron chi connectivity index (χ0n) is 14.7. The molecule has 0 saturated heterocycles. The van der Waals surface area contributed by atoms with Crippen LogP contribution in [0.2, 0.25) is 0 Å². The van der Waals surface area contributed by atoms with Gasteiger partial charge in [-0.3, -0.25) is 19.5 Å². The number of amides is 2. The first-order valence-electron chi connectivity index (χ1n) is 8.89. The molecule has 6 nitrogen and oxygen atoms in total. The van der Waals surface area contributed by atoms with Crippen molar-refractivity contribution in [1.82, 2.24) is 9.88 Å². The molecule has 134 valence electrons. The van der Waals surface area contributed by atoms with Crippen molar-refractivity contribution in [2.24, 2.45) is 0 Å². The Balaban J connectivity index is 1.55. The van der Waals surface area contributed by atoms with Crippen molar-refractivity contribution in [3.63, 3.8) is 0 Å². The Morgan fingerprint density at radius 1 is 1.27 bits per heavy atom. The topological polar surface area (TPSA) is 62.7 Å². The van der Waals surface area contributed by atoms with Gasteiger partial charge in [0.1, 0.15) is 12.3 Å². The van der Waals surface area contributed by atoms with Gasteiger partial charge in [0.25, 0.3) is 5.91 Å². The van der Waals surface area contributed by atoms with E-state index in [4.69, 9.17) is 4.74 Å². The molecule has 1 aromatic carbocycles. The third-order valence-corrected chi connectivity index (χ3v) is 4.75. The Labute approximate surface area is 152 Å². The molecule has 2 heterocycles. The van der Waals surface area contributed by atoms with E-state index in [1.165, 1.54) is 0 Å². The van der Waals surface area contributed by atoms with Crippen LogP contribution >= 0.6 is 0 Å². The summed E-state index contributed by atoms with van der Waals surface area (Å²) >= 11 is 0. The van der Waals surface area contributed by atoms with E-state index in [0.717, 1.165) is 18.4 Å². The van der Waals surface area contributed by atoms with Crippen LogP contribution in [0.15, 0.2) is 48.8 Å². The number of pyridine rings is 1. The molecule has 26 heavy (non-hydrogen) atoms. The molecule has 2 amide bonds. The molecular weight excluding hydrogens is 330 g/mol. The molecule has 2 aromatic rings. The van der Waals surface area contributed by atoms with Crippen molar-refractivity contribution in [2.75, 3.05) is 11.4 Å². The van der Waals surface area contributed by atoms with Crippen molar-refractivity contribution < 1.29 is 14.3 Å². The van der Waals surface area contributed by atoms with Gasteiger partial charge in [-0.15, -0.1) is 0 Å². The second kappa shape index (κ2) is 6.78. The van der Waals surface area contributed by atoms with E-state index >= 15 is 0 Å². The van der Waals surface area contributed by atoms with E-state index in [-0.39, 0.29) is 24.4 Å². The molecule has 6 heteroatoms. The lowest BCUT2D eigenvalue weighted by Gasteiger charge is -2.34. The lowest BCUT2D eigenvalue weighted by Crippen LogP contribution is -2.49. The van der Waals surface area contributed by atoms with Gasteiger partial charge < -0.3 is 9.64 Å². The quantitative estimate of drug-likeness (QED) is 0.830. The molecule has 0 radical (unpaired) electrons. The zero-order valence-corrected chi connectivity index (χ0v) is 14.7. The molecular formula is C20H21N3O3. The minimum absolute atomic E-state index is 0.0281. The summed E-state index contributed by atoms with van der Waals surface area (Å²) in [6, 6.07) is 11.4. The molecule has 4 rings (SSSR count). The van der Waals surface area contributed by atoms with E-state index in [0.29, 0.717) is 18.0 Å². The van der Waals surface area contributed by atoms with Crippen LogP contribution in [-0.2, 0) is 16.1 Å². The smallest absolute Gasteiger partial charge is 0.268 e. The Morgan fingerprint density at radius 2 is 2.08 bits per heavy atom. The number of rotatable bonds is 5. The second-order valence-corrected chi connectivity index (χ2v) is 6.77. The summed E-state index contributed by atoms with van der Waals surface area (Å²) in [7, 11) is 0. The predicted octanol–water partition coefficient (Wildman–Crippen LogP) is 2.39. The number of para-hydroxylation sites is 2. The van der Waals surface area contributed by atoms with Gasteiger partial charge in [0.05, 0.1) is 5.69 Å². The number of carbonyl (C=O) groups excluding carboxylic acids is 2. The van der Waals surface area contributed by atoms with Crippen LogP contribution in [0, 0.1) is 0 Å². The maximum absolute atomic E-state index is 13.0. The van der Waals surface area contributed by atoms with Crippen LogP contribution in [-0.4, -0.2) is 40.4 Å². The second-order valence-electron chi connectivity index (χ2n) is 6.77. The number of hydrogen-bond donors (Lipinski definition) is 0. The van der Waals surface area contributed by atoms with E-state index < -0.39 is 6.10 Å². The molecule has 2 aliphatic rings. The minimum atomic E-state index is -0.592. The lowest BCUT2D eigenvalue weighted by atomic mass is 10.2. The molecule has 1 aromatic heterocycles. The number of anilines is 1. The van der Waals surface area contributed by atoms with Crippen molar-refractivity contribution in [3.8, 4) is 5.75 Å². The highest BCUT2D eigenvalue weighted by Crippen LogP contribution is 2.34. The molecule has 0 bridgehead atoms. The summed E-state index contributed by atoms with van der Waals surface area (Å²) in [6.07, 6.45) is 4.93. The van der Waals surface area contributed by atoms with Gasteiger partial charge in [-0.25, -0.2) is 0 Å². The maximum atomic E-state index is 13.0. The molecule has 1 saturated carbocycles. The summed E-state index contributed by atoms with van der Waals surface area (Å²) in [4.78, 5) is 33.2. The number of carbonyl (C=O) groups is 2. The SMILES string of the molecule is C[C@H]1Oc2ccccc2N(CC(=O)N(Cc2cccnc2)C2CC2)C1=O. The van der Waals surface area contributed by atoms with Crippen molar-refractivity contribution >= 4 is 17.5 Å². The van der Waals surface area contributed by atoms with Gasteiger partial charge in [0, 0.05) is 25.0 Å². The fourth-order valence-electron chi connectivity index (χ4n) is 3.24. The van der Waals surface area contributed by atoms with E-state index in [1.807, 2.05) is 41.3 Å². The summed E-state index contributed by atoms with van der Waals surface area (Å²) in [5.74, 6) is 0.403. The molecule has 1 aliphatic carbocycles. The first-order valence-corrected chi connectivity index (χ1v) is 8.89. The molecule has 1 atom stereocenters. The fraction of sp³-hybridized carbons (Fsp3) is 0.350. The molecule has 0 N–H and O–H groups in total. The predicted molar refractivity (Wildman–Crippen MR) is 96.7 cm³/mol. The largest absolute Gasteiger partial charge is 0.479 e. The first kappa shape index (κ1) is 16.6. The van der Waals surface area contributed by atoms with Crippen LogP contribution in [0.1, 0.15) is 25.3 Å². The van der Waals surface area contributed by atoms with Gasteiger partial charge >= 0.3 is 0 Å². The number of benzene rings is 1. The van der Waals surface area contributed by atoms with Crippen LogP contribution in [0.5, 0.6) is 5.75 Å². The van der Waals surface area contributed by atoms with Gasteiger partial charge in [0.15, 0.2) is 6.10 Å². The molecule has 0 unspecified atom stereocenters. The fourth-order valence-corrected chi connectivity index (χ4v) is 3.24. The molecule has 0 spiro atoms. The van der Waals surface area contributed by atoms with Crippen molar-refractivity contribution in [2.45, 2.75) is 38.5 Å². The van der Waals surface area contributed by atoms with Crippen LogP contribution in [0.3, 0.4) is 0 Å². The highest BCUT2D eigenvalue weighted by molar-refractivity contribution is 6.03. The summed E-state index contributed by atoms with van der Waals surface area (Å²) in [5.41, 5.74) is 1.65. The number of aromatic nitrogens is 1. The first-order chi connectivity index (χ1) is 12.6. The van der Waals surface area contributed by atoms with E-state index in [1.54, 1.807) is 24.2 Å². The Bertz CT molecular complexity index is 820. The zero-order chi connectivity index (χ0) is 18.1. The van der Waals surface area contributed by atoms with Crippen LogP contribution in [0.25, 0.3) is 0 Å². The van der Waals surface area contributed by atoms with E-state index in [2.05, 4.69) is 4.98 Å². The molecule has 1 fully saturated rings. The van der Waals surface area contributed by atoms with Gasteiger partial charge in [0.2, 0.25) is 5.91 Å². The van der Waals surface area contributed by atoms with Gasteiger partial charge in [-0.05, 0) is 43.5 Å². The Morgan fingerprint density at radius 3 is 2.81 bits per heavy atom. The Kier molecular flexibility index (Phi) is 4.32. The van der Waals surface area contributed by atoms with Crippen LogP contribution in [0.4, 0.5) is 5.69 Å². The number of ether oxygens (including phenoxy) is 1. The molecule has 1 aliphatic heterocycles. The highest BCUT2D eigenvalue weighted by atomic mass is 16.5. The van der Waals surface area contributed by atoms with E-state index in [9.17, 15) is 9.59 Å². The minimum Gasteiger partial charge on any atom is -0.479 e. The van der Waals surface area contributed by atoms with Crippen LogP contribution < -0.4 is 9.64 Å². The monoisotopic (exact) mass is 351 g/mol. The van der Waals surface area contributed by atoms with Gasteiger partial charge in [-0.2, -0.15) is 0 Å². The van der Waals surface area contributed by atoms with Crippen molar-refractivity contribution in [1.29, 1.82) is 0 Å².